The van der Waals surface area contributed by atoms with E-state index >= 15 is 0 Å². The smallest absolute Gasteiger partial charge is 0.239 e. The molecule has 0 aliphatic carbocycles. The summed E-state index contributed by atoms with van der Waals surface area (Å²) in [6.45, 7) is 7.81. The van der Waals surface area contributed by atoms with Crippen molar-refractivity contribution < 1.29 is 4.58 Å². The van der Waals surface area contributed by atoms with Crippen LogP contribution in [-0.4, -0.2) is 35.4 Å². The Morgan fingerprint density at radius 1 is 1.33 bits per heavy atom. The Hall–Kier alpha value is -0.790. The van der Waals surface area contributed by atoms with Gasteiger partial charge in [-0.3, -0.25) is 4.90 Å². The van der Waals surface area contributed by atoms with Gasteiger partial charge < -0.3 is 0 Å². The second-order valence-electron chi connectivity index (χ2n) is 3.23. The van der Waals surface area contributed by atoms with E-state index in [0.29, 0.717) is 0 Å². The second kappa shape index (κ2) is 4.96. The quantitative estimate of drug-likeness (QED) is 0.577. The summed E-state index contributed by atoms with van der Waals surface area (Å²) in [5.74, 6) is 0. The van der Waals surface area contributed by atoms with E-state index in [1.807, 2.05) is 0 Å². The molecule has 0 aromatic heterocycles. The zero-order valence-corrected chi connectivity index (χ0v) is 8.16. The molecule has 0 atom stereocenters. The lowest BCUT2D eigenvalue weighted by molar-refractivity contribution is -0.459. The van der Waals surface area contributed by atoms with E-state index in [1.54, 1.807) is 0 Å². The predicted octanol–water partition coefficient (Wildman–Crippen LogP) is 1.68. The largest absolute Gasteiger partial charge is 0.264 e. The molecule has 2 heteroatoms. The number of nitrogens with zero attached hydrogens (tertiary/aromatic N) is 2. The van der Waals surface area contributed by atoms with E-state index in [0.717, 1.165) is 13.1 Å². The van der Waals surface area contributed by atoms with Gasteiger partial charge in [0, 0.05) is 0 Å². The number of hydrogen-bond donors (Lipinski definition) is 0. The molecule has 0 aromatic rings. The van der Waals surface area contributed by atoms with Crippen molar-refractivity contribution in [2.24, 2.45) is 0 Å². The summed E-state index contributed by atoms with van der Waals surface area (Å²) >= 11 is 0. The lowest BCUT2D eigenvalue weighted by Crippen LogP contribution is -2.31. The van der Waals surface area contributed by atoms with Crippen LogP contribution in [0.2, 0.25) is 0 Å². The van der Waals surface area contributed by atoms with Crippen LogP contribution < -0.4 is 0 Å². The molecule has 1 aliphatic rings. The van der Waals surface area contributed by atoms with Gasteiger partial charge in [-0.2, -0.15) is 0 Å². The predicted molar refractivity (Wildman–Crippen MR) is 52.5 cm³/mol. The zero-order chi connectivity index (χ0) is 8.81. The monoisotopic (exact) mass is 167 g/mol. The first-order chi connectivity index (χ1) is 5.86. The number of rotatable bonds is 4. The van der Waals surface area contributed by atoms with Crippen LogP contribution in [0.15, 0.2) is 12.3 Å². The summed E-state index contributed by atoms with van der Waals surface area (Å²) in [5, 5.41) is 0. The van der Waals surface area contributed by atoms with Gasteiger partial charge in [0.1, 0.15) is 6.54 Å². The summed E-state index contributed by atoms with van der Waals surface area (Å²) in [5.41, 5.74) is 0. The molecule has 0 saturated carbocycles. The third kappa shape index (κ3) is 2.68. The van der Waals surface area contributed by atoms with Crippen molar-refractivity contribution in [2.75, 3.05) is 19.6 Å². The maximum Gasteiger partial charge on any atom is 0.239 e. The van der Waals surface area contributed by atoms with E-state index in [-0.39, 0.29) is 0 Å². The van der Waals surface area contributed by atoms with Crippen molar-refractivity contribution in [3.63, 3.8) is 0 Å². The molecule has 1 rings (SSSR count). The minimum atomic E-state index is 1.08. The molecule has 0 amide bonds. The van der Waals surface area contributed by atoms with Gasteiger partial charge in [0.05, 0.1) is 19.3 Å². The van der Waals surface area contributed by atoms with Crippen molar-refractivity contribution in [2.45, 2.75) is 26.7 Å². The maximum absolute atomic E-state index is 2.36. The summed E-state index contributed by atoms with van der Waals surface area (Å²) in [7, 11) is 0. The van der Waals surface area contributed by atoms with Crippen LogP contribution in [0.4, 0.5) is 0 Å². The Balaban J connectivity index is 2.44. The van der Waals surface area contributed by atoms with Gasteiger partial charge in [-0.05, 0) is 18.9 Å². The standard InChI is InChI=1S/C10H19N2/c1-3-6-11-8-5-9-12(10-11)7-4-2/h5,8,10H,3-4,6-7,9H2,1-2H3/q+1. The van der Waals surface area contributed by atoms with Crippen molar-refractivity contribution in [3.05, 3.63) is 12.3 Å². The molecule has 68 valence electrons. The minimum absolute atomic E-state index is 1.08. The molecular formula is C10H19N2+. The normalized spacial score (nSPS) is 16.5. The molecule has 2 nitrogen and oxygen atoms in total. The lowest BCUT2D eigenvalue weighted by atomic mass is 10.4. The molecule has 0 radical (unpaired) electrons. The Kier molecular flexibility index (Phi) is 3.85. The average Bonchev–Trinajstić information content (AvgIpc) is 2.06. The minimum Gasteiger partial charge on any atom is -0.264 e. The molecule has 0 unspecified atom stereocenters. The molecule has 0 saturated heterocycles. The van der Waals surface area contributed by atoms with Crippen LogP contribution in [0, 0.1) is 0 Å². The van der Waals surface area contributed by atoms with Gasteiger partial charge in [0.25, 0.3) is 0 Å². The molecular weight excluding hydrogens is 148 g/mol. The highest BCUT2D eigenvalue weighted by Gasteiger charge is 2.09. The number of hydrogen-bond acceptors (Lipinski definition) is 1. The van der Waals surface area contributed by atoms with Crippen molar-refractivity contribution in [1.29, 1.82) is 0 Å². The van der Waals surface area contributed by atoms with E-state index in [1.165, 1.54) is 19.4 Å². The van der Waals surface area contributed by atoms with E-state index in [9.17, 15) is 0 Å². The second-order valence-corrected chi connectivity index (χ2v) is 3.23. The topological polar surface area (TPSA) is 6.25 Å². The van der Waals surface area contributed by atoms with Gasteiger partial charge in [-0.15, -0.1) is 0 Å². The first-order valence-corrected chi connectivity index (χ1v) is 4.88. The van der Waals surface area contributed by atoms with Crippen molar-refractivity contribution in [3.8, 4) is 0 Å². The Bertz CT molecular complexity index is 182. The van der Waals surface area contributed by atoms with Crippen LogP contribution in [0.5, 0.6) is 0 Å². The first-order valence-electron chi connectivity index (χ1n) is 4.88. The fraction of sp³-hybridized carbons (Fsp3) is 0.700. The van der Waals surface area contributed by atoms with E-state index < -0.39 is 0 Å². The highest BCUT2D eigenvalue weighted by Crippen LogP contribution is 1.95. The van der Waals surface area contributed by atoms with Crippen molar-refractivity contribution >= 4 is 6.34 Å². The van der Waals surface area contributed by atoms with Crippen LogP contribution in [-0.2, 0) is 0 Å². The molecule has 0 bridgehead atoms. The molecule has 1 aliphatic heterocycles. The fourth-order valence-electron chi connectivity index (χ4n) is 1.44. The summed E-state index contributed by atoms with van der Waals surface area (Å²) < 4.78 is 2.26. The molecule has 0 N–H and O–H groups in total. The highest BCUT2D eigenvalue weighted by molar-refractivity contribution is 5.50. The highest BCUT2D eigenvalue weighted by atomic mass is 15.2. The zero-order valence-electron chi connectivity index (χ0n) is 8.16. The van der Waals surface area contributed by atoms with Gasteiger partial charge in [-0.25, -0.2) is 4.58 Å². The Morgan fingerprint density at radius 3 is 2.83 bits per heavy atom. The van der Waals surface area contributed by atoms with Crippen LogP contribution >= 0.6 is 0 Å². The van der Waals surface area contributed by atoms with Crippen molar-refractivity contribution in [1.82, 2.24) is 4.90 Å². The van der Waals surface area contributed by atoms with Gasteiger partial charge in [0.15, 0.2) is 0 Å². The Labute approximate surface area is 75.2 Å². The Morgan fingerprint density at radius 2 is 2.17 bits per heavy atom. The fourth-order valence-corrected chi connectivity index (χ4v) is 1.44. The molecule has 0 aromatic carbocycles. The first kappa shape index (κ1) is 9.30. The molecule has 1 heterocycles. The molecule has 12 heavy (non-hydrogen) atoms. The van der Waals surface area contributed by atoms with Gasteiger partial charge >= 0.3 is 0 Å². The van der Waals surface area contributed by atoms with Crippen LogP contribution in [0.1, 0.15) is 26.7 Å². The summed E-state index contributed by atoms with van der Waals surface area (Å²) in [6, 6.07) is 0. The third-order valence-corrected chi connectivity index (χ3v) is 1.94. The van der Waals surface area contributed by atoms with E-state index in [4.69, 9.17) is 0 Å². The van der Waals surface area contributed by atoms with Crippen LogP contribution in [0.25, 0.3) is 0 Å². The average molecular weight is 167 g/mol. The van der Waals surface area contributed by atoms with Gasteiger partial charge in [0.2, 0.25) is 6.34 Å². The molecule has 0 spiro atoms. The SMILES string of the molecule is CCCN1C=[N+](CCC)C=CC1. The van der Waals surface area contributed by atoms with Gasteiger partial charge in [-0.1, -0.05) is 13.8 Å². The summed E-state index contributed by atoms with van der Waals surface area (Å²) in [6.07, 6.45) is 9.07. The third-order valence-electron chi connectivity index (χ3n) is 1.94. The lowest BCUT2D eigenvalue weighted by Gasteiger charge is -2.15. The maximum atomic E-state index is 2.36. The van der Waals surface area contributed by atoms with Crippen LogP contribution in [0.3, 0.4) is 0 Å². The summed E-state index contributed by atoms with van der Waals surface area (Å²) in [4.78, 5) is 2.36. The molecule has 0 fully saturated rings. The van der Waals surface area contributed by atoms with E-state index in [2.05, 4.69) is 41.9 Å².